The largest absolute Gasteiger partial charge is 0.481 e. The molecule has 0 aliphatic heterocycles. The van der Waals surface area contributed by atoms with Gasteiger partial charge < -0.3 is 10.2 Å². The van der Waals surface area contributed by atoms with E-state index >= 15 is 0 Å². The summed E-state index contributed by atoms with van der Waals surface area (Å²) in [7, 11) is 0. The zero-order valence-electron chi connectivity index (χ0n) is 20.1. The third-order valence-corrected chi connectivity index (χ3v) is 7.84. The molecule has 0 radical (unpaired) electrons. The molecule has 0 fully saturated rings. The topological polar surface area (TPSA) is 109 Å². The Morgan fingerprint density at radius 3 is 1.41 bits per heavy atom. The van der Waals surface area contributed by atoms with Gasteiger partial charge in [-0.15, -0.1) is 22.7 Å². The van der Waals surface area contributed by atoms with Crippen LogP contribution in [0.5, 0.6) is 0 Å². The summed E-state index contributed by atoms with van der Waals surface area (Å²) in [5, 5.41) is 18.5. The molecule has 0 atom stereocenters. The van der Waals surface area contributed by atoms with Gasteiger partial charge in [0.1, 0.15) is 0 Å². The molecule has 2 aromatic rings. The Kier molecular flexibility index (Phi) is 9.53. The highest BCUT2D eigenvalue weighted by molar-refractivity contribution is 7.13. The lowest BCUT2D eigenvalue weighted by atomic mass is 9.87. The SMILES string of the molecule is CC(C)(CCCc1cc(=O)cc(/C=C\c2cc(=O)cc(CCCC(C)(C)C(=O)O)s2)s1)C(=O)O. The van der Waals surface area contributed by atoms with Crippen LogP contribution in [-0.2, 0) is 22.4 Å². The second kappa shape index (κ2) is 11.7. The highest BCUT2D eigenvalue weighted by Crippen LogP contribution is 2.26. The van der Waals surface area contributed by atoms with Crippen molar-refractivity contribution in [2.45, 2.75) is 66.2 Å². The predicted octanol–water partition coefficient (Wildman–Crippen LogP) is 5.57. The first-order valence-electron chi connectivity index (χ1n) is 11.2. The minimum atomic E-state index is -0.829. The maximum atomic E-state index is 12.1. The number of carboxylic acids is 2. The Labute approximate surface area is 207 Å². The molecule has 34 heavy (non-hydrogen) atoms. The Hall–Kier alpha value is -2.58. The average molecular weight is 505 g/mol. The fourth-order valence-corrected chi connectivity index (χ4v) is 5.37. The summed E-state index contributed by atoms with van der Waals surface area (Å²) in [5.74, 6) is -1.66. The van der Waals surface area contributed by atoms with Crippen LogP contribution in [0.4, 0.5) is 0 Å². The molecule has 0 aliphatic rings. The molecule has 2 N–H and O–H groups in total. The van der Waals surface area contributed by atoms with Gasteiger partial charge in [-0.2, -0.15) is 0 Å². The van der Waals surface area contributed by atoms with E-state index in [9.17, 15) is 29.4 Å². The Morgan fingerprint density at radius 1 is 0.735 bits per heavy atom. The summed E-state index contributed by atoms with van der Waals surface area (Å²) in [6.45, 7) is 6.79. The van der Waals surface area contributed by atoms with Crippen LogP contribution in [-0.4, -0.2) is 22.2 Å². The molecule has 8 heteroatoms. The van der Waals surface area contributed by atoms with Gasteiger partial charge >= 0.3 is 11.9 Å². The maximum Gasteiger partial charge on any atom is 0.309 e. The van der Waals surface area contributed by atoms with E-state index in [2.05, 4.69) is 0 Å². The highest BCUT2D eigenvalue weighted by atomic mass is 32.1. The number of hydrogen-bond acceptors (Lipinski definition) is 6. The van der Waals surface area contributed by atoms with Crippen LogP contribution < -0.4 is 10.9 Å². The molecular formula is C26H32O6S2. The van der Waals surface area contributed by atoms with Crippen molar-refractivity contribution in [2.24, 2.45) is 10.8 Å². The Morgan fingerprint density at radius 2 is 1.09 bits per heavy atom. The summed E-state index contributed by atoms with van der Waals surface area (Å²) in [5.41, 5.74) is -1.80. The second-order valence-corrected chi connectivity index (χ2v) is 12.1. The standard InChI is InChI=1S/C26H32O6S2/c1-25(2,23(29)30)11-5-7-19-13-17(27)15-21(33-19)9-10-22-16-18(28)14-20(34-22)8-6-12-26(3,4)24(31)32/h9-10,13-16H,5-8,11-12H2,1-4H3,(H,29,30)(H,31,32)/b10-9-. The van der Waals surface area contributed by atoms with Gasteiger partial charge in [-0.25, -0.2) is 0 Å². The maximum absolute atomic E-state index is 12.1. The number of aliphatic carboxylic acids is 2. The molecule has 0 spiro atoms. The molecular weight excluding hydrogens is 472 g/mol. The predicted molar refractivity (Wildman–Crippen MR) is 139 cm³/mol. The second-order valence-electron chi connectivity index (χ2n) is 9.74. The lowest BCUT2D eigenvalue weighted by Gasteiger charge is -2.18. The molecule has 6 nitrogen and oxygen atoms in total. The lowest BCUT2D eigenvalue weighted by molar-refractivity contribution is -0.148. The van der Waals surface area contributed by atoms with Gasteiger partial charge in [-0.1, -0.05) is 0 Å². The Balaban J connectivity index is 2.08. The zero-order valence-corrected chi connectivity index (χ0v) is 21.7. The van der Waals surface area contributed by atoms with Gasteiger partial charge in [0.2, 0.25) is 0 Å². The molecule has 0 amide bonds. The monoisotopic (exact) mass is 504 g/mol. The fourth-order valence-electron chi connectivity index (χ4n) is 3.30. The van der Waals surface area contributed by atoms with E-state index in [1.807, 2.05) is 12.2 Å². The summed E-state index contributed by atoms with van der Waals surface area (Å²) in [4.78, 5) is 50.1. The van der Waals surface area contributed by atoms with E-state index in [1.165, 1.54) is 22.7 Å². The molecule has 2 heterocycles. The van der Waals surface area contributed by atoms with E-state index in [0.29, 0.717) is 38.5 Å². The summed E-state index contributed by atoms with van der Waals surface area (Å²) >= 11 is 2.96. The van der Waals surface area contributed by atoms with Crippen molar-refractivity contribution in [3.8, 4) is 0 Å². The van der Waals surface area contributed by atoms with E-state index in [1.54, 1.807) is 52.0 Å². The molecule has 0 aliphatic carbocycles. The first-order chi connectivity index (χ1) is 15.8. The fraction of sp³-hybridized carbons (Fsp3) is 0.462. The smallest absolute Gasteiger partial charge is 0.309 e. The summed E-state index contributed by atoms with van der Waals surface area (Å²) < 4.78 is 0. The van der Waals surface area contributed by atoms with Crippen molar-refractivity contribution >= 4 is 46.8 Å². The number of hydrogen-bond donors (Lipinski definition) is 2. The Bertz CT molecular complexity index is 1080. The molecule has 0 bridgehead atoms. The van der Waals surface area contributed by atoms with Crippen LogP contribution in [0.15, 0.2) is 33.9 Å². The number of carboxylic acid groups (broad SMARTS) is 2. The molecule has 0 saturated heterocycles. The van der Waals surface area contributed by atoms with Crippen molar-refractivity contribution in [1.29, 1.82) is 0 Å². The van der Waals surface area contributed by atoms with Crippen LogP contribution in [0.1, 0.15) is 72.9 Å². The number of rotatable bonds is 12. The molecule has 0 saturated carbocycles. The van der Waals surface area contributed by atoms with E-state index in [-0.39, 0.29) is 10.9 Å². The first-order valence-corrected chi connectivity index (χ1v) is 12.8. The minimum absolute atomic E-state index is 0.103. The van der Waals surface area contributed by atoms with Gasteiger partial charge in [0.15, 0.2) is 10.9 Å². The van der Waals surface area contributed by atoms with Crippen molar-refractivity contribution in [3.63, 3.8) is 0 Å². The first kappa shape index (κ1) is 27.7. The third kappa shape index (κ3) is 8.65. The van der Waals surface area contributed by atoms with Crippen molar-refractivity contribution in [2.75, 3.05) is 0 Å². The van der Waals surface area contributed by atoms with Crippen molar-refractivity contribution in [1.82, 2.24) is 0 Å². The summed E-state index contributed by atoms with van der Waals surface area (Å²) in [6.07, 6.45) is 7.29. The van der Waals surface area contributed by atoms with Crippen LogP contribution >= 0.6 is 22.7 Å². The average Bonchev–Trinajstić information content (AvgIpc) is 2.71. The normalized spacial score (nSPS) is 12.2. The van der Waals surface area contributed by atoms with Crippen LogP contribution in [0, 0.1) is 10.8 Å². The van der Waals surface area contributed by atoms with E-state index in [4.69, 9.17) is 0 Å². The van der Waals surface area contributed by atoms with E-state index < -0.39 is 22.8 Å². The number of aryl methyl sites for hydroxylation is 2. The third-order valence-electron chi connectivity index (χ3n) is 5.69. The molecule has 2 rings (SSSR count). The minimum Gasteiger partial charge on any atom is -0.481 e. The molecule has 0 aromatic carbocycles. The van der Waals surface area contributed by atoms with Crippen LogP contribution in [0.2, 0.25) is 0 Å². The van der Waals surface area contributed by atoms with Crippen LogP contribution in [0.25, 0.3) is 12.2 Å². The molecule has 184 valence electrons. The highest BCUT2D eigenvalue weighted by Gasteiger charge is 2.27. The number of carbonyl (C=O) groups is 2. The van der Waals surface area contributed by atoms with Gasteiger partial charge in [-0.05, 0) is 90.5 Å². The molecule has 2 aromatic heterocycles. The lowest BCUT2D eigenvalue weighted by Crippen LogP contribution is -2.23. The summed E-state index contributed by atoms with van der Waals surface area (Å²) in [6, 6.07) is 6.28. The van der Waals surface area contributed by atoms with Gasteiger partial charge in [0, 0.05) is 31.6 Å². The van der Waals surface area contributed by atoms with Gasteiger partial charge in [0.25, 0.3) is 0 Å². The molecule has 0 unspecified atom stereocenters. The van der Waals surface area contributed by atoms with Gasteiger partial charge in [-0.3, -0.25) is 19.2 Å². The van der Waals surface area contributed by atoms with E-state index in [0.717, 1.165) is 19.5 Å². The van der Waals surface area contributed by atoms with Crippen molar-refractivity contribution in [3.05, 3.63) is 64.2 Å². The quantitative estimate of drug-likeness (QED) is 0.391. The van der Waals surface area contributed by atoms with Gasteiger partial charge in [0.05, 0.1) is 10.8 Å². The van der Waals surface area contributed by atoms with Crippen molar-refractivity contribution < 1.29 is 19.8 Å². The van der Waals surface area contributed by atoms with Crippen LogP contribution in [0.3, 0.4) is 0 Å². The zero-order chi connectivity index (χ0) is 25.5.